The molecular formula is C21H18N2O6S. The molecule has 0 spiro atoms. The first-order valence-corrected chi connectivity index (χ1v) is 9.70. The van der Waals surface area contributed by atoms with Gasteiger partial charge in [-0.3, -0.25) is 24.1 Å². The molecule has 0 unspecified atom stereocenters. The van der Waals surface area contributed by atoms with Gasteiger partial charge in [-0.05, 0) is 43.0 Å². The van der Waals surface area contributed by atoms with Gasteiger partial charge >= 0.3 is 5.97 Å². The Kier molecular flexibility index (Phi) is 6.53. The molecule has 0 aliphatic carbocycles. The van der Waals surface area contributed by atoms with Crippen molar-refractivity contribution in [2.45, 2.75) is 6.92 Å². The van der Waals surface area contributed by atoms with Crippen molar-refractivity contribution in [2.24, 2.45) is 0 Å². The topological polar surface area (TPSA) is 113 Å². The molecule has 0 saturated carbocycles. The number of para-hydroxylation sites is 1. The predicted octanol–water partition coefficient (Wildman–Crippen LogP) is 3.13. The Morgan fingerprint density at radius 3 is 2.53 bits per heavy atom. The van der Waals surface area contributed by atoms with E-state index in [0.717, 1.165) is 5.56 Å². The molecule has 9 heteroatoms. The smallest absolute Gasteiger partial charge is 0.323 e. The minimum Gasteiger partial charge on any atom is -0.483 e. The number of rotatable bonds is 7. The van der Waals surface area contributed by atoms with Gasteiger partial charge in [-0.15, -0.1) is 0 Å². The summed E-state index contributed by atoms with van der Waals surface area (Å²) in [5.41, 5.74) is 2.21. The summed E-state index contributed by atoms with van der Waals surface area (Å²) in [4.78, 5) is 47.9. The Bertz CT molecular complexity index is 1030. The summed E-state index contributed by atoms with van der Waals surface area (Å²) in [6, 6.07) is 14.0. The molecule has 1 aliphatic heterocycles. The number of thioether (sulfide) groups is 1. The van der Waals surface area contributed by atoms with Crippen molar-refractivity contribution in [3.8, 4) is 5.75 Å². The second-order valence-corrected chi connectivity index (χ2v) is 7.40. The third kappa shape index (κ3) is 5.26. The SMILES string of the molecule is Cc1ccc(NC(=O)COc2ccccc2/C=C2\SC(=O)N(CC(=O)O)C2=O)cc1. The number of aryl methyl sites for hydroxylation is 1. The Morgan fingerprint density at radius 2 is 1.83 bits per heavy atom. The molecule has 30 heavy (non-hydrogen) atoms. The van der Waals surface area contributed by atoms with Crippen LogP contribution in [-0.2, 0) is 14.4 Å². The second kappa shape index (κ2) is 9.27. The van der Waals surface area contributed by atoms with E-state index in [4.69, 9.17) is 9.84 Å². The number of amides is 3. The van der Waals surface area contributed by atoms with Crippen molar-refractivity contribution >= 4 is 46.5 Å². The summed E-state index contributed by atoms with van der Waals surface area (Å²) in [6.45, 7) is 1.00. The van der Waals surface area contributed by atoms with Crippen molar-refractivity contribution in [1.82, 2.24) is 4.90 Å². The Morgan fingerprint density at radius 1 is 1.13 bits per heavy atom. The van der Waals surface area contributed by atoms with Gasteiger partial charge in [0.15, 0.2) is 6.61 Å². The number of imide groups is 1. The molecule has 154 valence electrons. The molecule has 0 radical (unpaired) electrons. The van der Waals surface area contributed by atoms with Crippen LogP contribution in [0.3, 0.4) is 0 Å². The highest BCUT2D eigenvalue weighted by molar-refractivity contribution is 8.18. The largest absolute Gasteiger partial charge is 0.483 e. The number of nitrogens with zero attached hydrogens (tertiary/aromatic N) is 1. The third-order valence-corrected chi connectivity index (χ3v) is 4.97. The van der Waals surface area contributed by atoms with Crippen LogP contribution in [0.1, 0.15) is 11.1 Å². The van der Waals surface area contributed by atoms with Crippen LogP contribution in [0.5, 0.6) is 5.75 Å². The number of carbonyl (C=O) groups is 4. The van der Waals surface area contributed by atoms with Crippen LogP contribution in [0.25, 0.3) is 6.08 Å². The summed E-state index contributed by atoms with van der Waals surface area (Å²) in [5, 5.41) is 10.9. The van der Waals surface area contributed by atoms with Crippen LogP contribution in [0, 0.1) is 6.92 Å². The summed E-state index contributed by atoms with van der Waals surface area (Å²) in [6.07, 6.45) is 1.44. The molecule has 8 nitrogen and oxygen atoms in total. The standard InChI is InChI=1S/C21H18N2O6S/c1-13-6-8-15(9-7-13)22-18(24)12-29-16-5-3-2-4-14(16)10-17-20(27)23(11-19(25)26)21(28)30-17/h2-10H,11-12H2,1H3,(H,22,24)(H,25,26)/b17-10-. The van der Waals surface area contributed by atoms with E-state index in [9.17, 15) is 19.2 Å². The highest BCUT2D eigenvalue weighted by atomic mass is 32.2. The number of carboxylic acid groups (broad SMARTS) is 1. The van der Waals surface area contributed by atoms with E-state index in [2.05, 4.69) is 5.32 Å². The number of ether oxygens (including phenoxy) is 1. The van der Waals surface area contributed by atoms with E-state index in [0.29, 0.717) is 33.7 Å². The highest BCUT2D eigenvalue weighted by Gasteiger charge is 2.36. The molecule has 0 atom stereocenters. The lowest BCUT2D eigenvalue weighted by molar-refractivity contribution is -0.140. The second-order valence-electron chi connectivity index (χ2n) is 6.40. The van der Waals surface area contributed by atoms with Gasteiger partial charge in [-0.1, -0.05) is 35.9 Å². The van der Waals surface area contributed by atoms with Crippen LogP contribution in [0.15, 0.2) is 53.4 Å². The zero-order chi connectivity index (χ0) is 21.7. The minimum absolute atomic E-state index is 0.0846. The Balaban J connectivity index is 1.69. The molecule has 0 aromatic heterocycles. The van der Waals surface area contributed by atoms with Crippen LogP contribution >= 0.6 is 11.8 Å². The Hall–Kier alpha value is -3.59. The molecule has 1 heterocycles. The predicted molar refractivity (Wildman–Crippen MR) is 112 cm³/mol. The summed E-state index contributed by atoms with van der Waals surface area (Å²) in [7, 11) is 0. The van der Waals surface area contributed by atoms with Gasteiger partial charge in [0.1, 0.15) is 12.3 Å². The number of aliphatic carboxylic acids is 1. The van der Waals surface area contributed by atoms with Gasteiger partial charge in [0, 0.05) is 11.3 Å². The van der Waals surface area contributed by atoms with Crippen molar-refractivity contribution in [1.29, 1.82) is 0 Å². The van der Waals surface area contributed by atoms with Crippen LogP contribution < -0.4 is 10.1 Å². The molecule has 1 saturated heterocycles. The lowest BCUT2D eigenvalue weighted by atomic mass is 10.2. The average molecular weight is 426 g/mol. The molecule has 0 bridgehead atoms. The molecule has 2 aromatic rings. The maximum atomic E-state index is 12.3. The highest BCUT2D eigenvalue weighted by Crippen LogP contribution is 2.33. The minimum atomic E-state index is -1.28. The zero-order valence-electron chi connectivity index (χ0n) is 16.0. The quantitative estimate of drug-likeness (QED) is 0.654. The third-order valence-electron chi connectivity index (χ3n) is 4.07. The molecule has 1 aliphatic rings. The van der Waals surface area contributed by atoms with E-state index < -0.39 is 23.7 Å². The molecule has 1 fully saturated rings. The number of hydrogen-bond acceptors (Lipinski definition) is 6. The number of carbonyl (C=O) groups excluding carboxylic acids is 3. The van der Waals surface area contributed by atoms with Crippen molar-refractivity contribution in [3.05, 3.63) is 64.6 Å². The van der Waals surface area contributed by atoms with Gasteiger partial charge in [0.25, 0.3) is 17.1 Å². The van der Waals surface area contributed by atoms with Gasteiger partial charge in [-0.2, -0.15) is 0 Å². The fourth-order valence-corrected chi connectivity index (χ4v) is 3.45. The van der Waals surface area contributed by atoms with Crippen molar-refractivity contribution in [2.75, 3.05) is 18.5 Å². The normalized spacial score (nSPS) is 14.8. The average Bonchev–Trinajstić information content (AvgIpc) is 2.96. The number of benzene rings is 2. The van der Waals surface area contributed by atoms with Crippen LogP contribution in [0.4, 0.5) is 10.5 Å². The van der Waals surface area contributed by atoms with Gasteiger partial charge in [0.2, 0.25) is 0 Å². The van der Waals surface area contributed by atoms with Crippen LogP contribution in [-0.4, -0.2) is 46.2 Å². The number of nitrogens with one attached hydrogen (secondary N) is 1. The maximum Gasteiger partial charge on any atom is 0.323 e. The summed E-state index contributed by atoms with van der Waals surface area (Å²) in [5.74, 6) is -1.96. The number of carboxylic acids is 1. The van der Waals surface area contributed by atoms with Gasteiger partial charge in [-0.25, -0.2) is 0 Å². The fraction of sp³-hybridized carbons (Fsp3) is 0.143. The van der Waals surface area contributed by atoms with Crippen LogP contribution in [0.2, 0.25) is 0 Å². The first kappa shape index (κ1) is 21.1. The first-order chi connectivity index (χ1) is 14.3. The molecule has 3 rings (SSSR count). The lowest BCUT2D eigenvalue weighted by Crippen LogP contribution is -2.33. The van der Waals surface area contributed by atoms with E-state index in [1.807, 2.05) is 19.1 Å². The van der Waals surface area contributed by atoms with Gasteiger partial charge < -0.3 is 15.2 Å². The Labute approximate surface area is 176 Å². The van der Waals surface area contributed by atoms with E-state index in [1.165, 1.54) is 6.08 Å². The first-order valence-electron chi connectivity index (χ1n) is 8.89. The molecule has 2 N–H and O–H groups in total. The van der Waals surface area contributed by atoms with E-state index in [1.54, 1.807) is 36.4 Å². The maximum absolute atomic E-state index is 12.3. The molecule has 3 amide bonds. The monoisotopic (exact) mass is 426 g/mol. The zero-order valence-corrected chi connectivity index (χ0v) is 16.8. The van der Waals surface area contributed by atoms with Gasteiger partial charge in [0.05, 0.1) is 4.91 Å². The molecular weight excluding hydrogens is 408 g/mol. The number of anilines is 1. The summed E-state index contributed by atoms with van der Waals surface area (Å²) < 4.78 is 5.59. The van der Waals surface area contributed by atoms with Crippen molar-refractivity contribution < 1.29 is 29.0 Å². The lowest BCUT2D eigenvalue weighted by Gasteiger charge is -2.10. The fourth-order valence-electron chi connectivity index (χ4n) is 2.62. The molecule has 2 aromatic carbocycles. The van der Waals surface area contributed by atoms with E-state index in [-0.39, 0.29) is 17.4 Å². The summed E-state index contributed by atoms with van der Waals surface area (Å²) >= 11 is 0.655. The van der Waals surface area contributed by atoms with E-state index >= 15 is 0 Å². The van der Waals surface area contributed by atoms with Crippen molar-refractivity contribution in [3.63, 3.8) is 0 Å². The number of hydrogen-bond donors (Lipinski definition) is 2.